The van der Waals surface area contributed by atoms with Gasteiger partial charge in [0.2, 0.25) is 0 Å². The number of alkyl carbamates (subject to hydrolysis) is 1. The molecule has 1 amide bonds. The van der Waals surface area contributed by atoms with Crippen LogP contribution >= 0.6 is 0 Å². The lowest BCUT2D eigenvalue weighted by Gasteiger charge is -2.24. The van der Waals surface area contributed by atoms with Crippen LogP contribution in [0.1, 0.15) is 70.9 Å². The second-order valence-corrected chi connectivity index (χ2v) is 8.40. The van der Waals surface area contributed by atoms with E-state index in [2.05, 4.69) is 24.9 Å². The molecule has 5 heteroatoms. The minimum atomic E-state index is -0.714. The molecule has 1 N–H and O–H groups in total. The summed E-state index contributed by atoms with van der Waals surface area (Å²) in [6.45, 7) is 13.6. The summed E-state index contributed by atoms with van der Waals surface area (Å²) in [4.78, 5) is 24.9. The van der Waals surface area contributed by atoms with Crippen LogP contribution < -0.4 is 5.32 Å². The Balaban J connectivity index is 2.03. The van der Waals surface area contributed by atoms with Crippen LogP contribution in [0.15, 0.2) is 42.5 Å². The molecule has 0 heterocycles. The molecule has 1 aromatic carbocycles. The van der Waals surface area contributed by atoms with Crippen molar-refractivity contribution in [2.75, 3.05) is 6.61 Å². The largest absolute Gasteiger partial charge is 0.458 e. The number of nitrogens with one attached hydrogen (secondary N) is 1. The SMILES string of the molecule is C=CC1=C(C)c2ccccc2C1COC(=O)NC(CCCC)C(=O)OC(C)(C)C. The molecule has 0 radical (unpaired) electrons. The van der Waals surface area contributed by atoms with Gasteiger partial charge >= 0.3 is 12.1 Å². The number of ether oxygens (including phenoxy) is 2. The van der Waals surface area contributed by atoms with Crippen LogP contribution in [0.4, 0.5) is 4.79 Å². The summed E-state index contributed by atoms with van der Waals surface area (Å²) in [6.07, 6.45) is 3.46. The predicted octanol–water partition coefficient (Wildman–Crippen LogP) is 5.37. The second kappa shape index (κ2) is 9.77. The first-order valence-corrected chi connectivity index (χ1v) is 10.3. The number of amides is 1. The Hall–Kier alpha value is -2.56. The zero-order chi connectivity index (χ0) is 21.6. The van der Waals surface area contributed by atoms with E-state index in [1.54, 1.807) is 0 Å². The molecule has 0 fully saturated rings. The molecule has 2 rings (SSSR count). The van der Waals surface area contributed by atoms with Crippen molar-refractivity contribution in [1.82, 2.24) is 5.32 Å². The van der Waals surface area contributed by atoms with Gasteiger partial charge in [-0.3, -0.25) is 0 Å². The van der Waals surface area contributed by atoms with Crippen molar-refractivity contribution in [3.8, 4) is 0 Å². The Kier molecular flexibility index (Phi) is 7.66. The number of esters is 1. The van der Waals surface area contributed by atoms with Crippen LogP contribution in [-0.4, -0.2) is 30.3 Å². The lowest BCUT2D eigenvalue weighted by Crippen LogP contribution is -2.44. The first kappa shape index (κ1) is 22.7. The van der Waals surface area contributed by atoms with E-state index in [4.69, 9.17) is 9.47 Å². The van der Waals surface area contributed by atoms with Gasteiger partial charge in [0.05, 0.1) is 0 Å². The van der Waals surface area contributed by atoms with Gasteiger partial charge < -0.3 is 14.8 Å². The predicted molar refractivity (Wildman–Crippen MR) is 116 cm³/mol. The van der Waals surface area contributed by atoms with Crippen LogP contribution in [0, 0.1) is 0 Å². The fourth-order valence-corrected chi connectivity index (χ4v) is 3.57. The van der Waals surface area contributed by atoms with E-state index in [1.807, 2.05) is 52.0 Å². The smallest absolute Gasteiger partial charge is 0.407 e. The van der Waals surface area contributed by atoms with Crippen molar-refractivity contribution in [2.24, 2.45) is 0 Å². The van der Waals surface area contributed by atoms with Gasteiger partial charge in [0.15, 0.2) is 0 Å². The molecule has 5 nitrogen and oxygen atoms in total. The van der Waals surface area contributed by atoms with Gasteiger partial charge in [0.1, 0.15) is 18.2 Å². The molecule has 1 aliphatic rings. The lowest BCUT2D eigenvalue weighted by molar-refractivity contribution is -0.157. The van der Waals surface area contributed by atoms with Gasteiger partial charge in [0, 0.05) is 5.92 Å². The van der Waals surface area contributed by atoms with Gasteiger partial charge in [-0.1, -0.05) is 56.7 Å². The van der Waals surface area contributed by atoms with Crippen molar-refractivity contribution >= 4 is 17.6 Å². The molecule has 29 heavy (non-hydrogen) atoms. The number of fused-ring (bicyclic) bond motifs is 1. The normalized spacial score (nSPS) is 16.8. The third kappa shape index (κ3) is 5.96. The molecule has 0 spiro atoms. The molecule has 1 aliphatic carbocycles. The number of hydrogen-bond donors (Lipinski definition) is 1. The summed E-state index contributed by atoms with van der Waals surface area (Å²) >= 11 is 0. The van der Waals surface area contributed by atoms with Crippen molar-refractivity contribution in [3.63, 3.8) is 0 Å². The topological polar surface area (TPSA) is 64.6 Å². The molecular weight excluding hydrogens is 366 g/mol. The molecule has 2 atom stereocenters. The van der Waals surface area contributed by atoms with Crippen molar-refractivity contribution < 1.29 is 19.1 Å². The van der Waals surface area contributed by atoms with Crippen molar-refractivity contribution in [3.05, 3.63) is 53.6 Å². The molecule has 0 aromatic heterocycles. The fourth-order valence-electron chi connectivity index (χ4n) is 3.57. The Morgan fingerprint density at radius 2 is 1.97 bits per heavy atom. The molecule has 0 aliphatic heterocycles. The number of benzene rings is 1. The van der Waals surface area contributed by atoms with Gasteiger partial charge in [-0.25, -0.2) is 9.59 Å². The molecule has 158 valence electrons. The molecule has 2 unspecified atom stereocenters. The number of hydrogen-bond acceptors (Lipinski definition) is 4. The highest BCUT2D eigenvalue weighted by Crippen LogP contribution is 2.42. The maximum absolute atomic E-state index is 12.5. The van der Waals surface area contributed by atoms with E-state index in [0.29, 0.717) is 6.42 Å². The minimum Gasteiger partial charge on any atom is -0.458 e. The summed E-state index contributed by atoms with van der Waals surface area (Å²) in [7, 11) is 0. The molecule has 0 bridgehead atoms. The third-order valence-corrected chi connectivity index (χ3v) is 4.98. The summed E-state index contributed by atoms with van der Waals surface area (Å²) in [5.41, 5.74) is 3.89. The van der Waals surface area contributed by atoms with Crippen LogP contribution in [-0.2, 0) is 14.3 Å². The summed E-state index contributed by atoms with van der Waals surface area (Å²) < 4.78 is 11.0. The third-order valence-electron chi connectivity index (χ3n) is 4.98. The fraction of sp³-hybridized carbons (Fsp3) is 0.500. The van der Waals surface area contributed by atoms with E-state index in [1.165, 1.54) is 0 Å². The van der Waals surface area contributed by atoms with E-state index in [0.717, 1.165) is 35.1 Å². The zero-order valence-electron chi connectivity index (χ0n) is 18.2. The molecule has 1 aromatic rings. The first-order valence-electron chi connectivity index (χ1n) is 10.3. The second-order valence-electron chi connectivity index (χ2n) is 8.40. The van der Waals surface area contributed by atoms with Gasteiger partial charge in [-0.15, -0.1) is 0 Å². The van der Waals surface area contributed by atoms with Gasteiger partial charge in [-0.2, -0.15) is 0 Å². The molecule has 0 saturated carbocycles. The quantitative estimate of drug-likeness (QED) is 0.597. The highest BCUT2D eigenvalue weighted by molar-refractivity contribution is 5.82. The Morgan fingerprint density at radius 1 is 1.28 bits per heavy atom. The number of allylic oxidation sites excluding steroid dienone is 2. The lowest BCUT2D eigenvalue weighted by atomic mass is 9.97. The summed E-state index contributed by atoms with van der Waals surface area (Å²) in [5, 5.41) is 2.69. The Morgan fingerprint density at radius 3 is 2.59 bits per heavy atom. The average molecular weight is 400 g/mol. The Labute approximate surface area is 174 Å². The van der Waals surface area contributed by atoms with E-state index >= 15 is 0 Å². The standard InChI is InChI=1S/C24H33NO4/c1-7-9-14-21(22(26)29-24(4,5)6)25-23(27)28-15-20-17(8-2)16(3)18-12-10-11-13-19(18)20/h8,10-13,20-21H,2,7,9,14-15H2,1,3-6H3,(H,25,27). The monoisotopic (exact) mass is 399 g/mol. The minimum absolute atomic E-state index is 0.0509. The van der Waals surface area contributed by atoms with Crippen LogP contribution in [0.5, 0.6) is 0 Å². The number of unbranched alkanes of at least 4 members (excludes halogenated alkanes) is 1. The number of carbonyl (C=O) groups is 2. The van der Waals surface area contributed by atoms with Crippen LogP contribution in [0.3, 0.4) is 0 Å². The highest BCUT2D eigenvalue weighted by atomic mass is 16.6. The maximum atomic E-state index is 12.5. The van der Waals surface area contributed by atoms with E-state index in [9.17, 15) is 9.59 Å². The summed E-state index contributed by atoms with van der Waals surface area (Å²) in [6, 6.07) is 7.38. The van der Waals surface area contributed by atoms with Crippen molar-refractivity contribution in [1.29, 1.82) is 0 Å². The highest BCUT2D eigenvalue weighted by Gasteiger charge is 2.30. The van der Waals surface area contributed by atoms with Crippen molar-refractivity contribution in [2.45, 2.75) is 71.4 Å². The number of rotatable bonds is 8. The summed E-state index contributed by atoms with van der Waals surface area (Å²) in [5.74, 6) is -0.485. The van der Waals surface area contributed by atoms with Gasteiger partial charge in [-0.05, 0) is 56.4 Å². The zero-order valence-corrected chi connectivity index (χ0v) is 18.2. The Bertz CT molecular complexity index is 788. The van der Waals surface area contributed by atoms with Crippen LogP contribution in [0.25, 0.3) is 5.57 Å². The molecule has 0 saturated heterocycles. The maximum Gasteiger partial charge on any atom is 0.407 e. The van der Waals surface area contributed by atoms with Gasteiger partial charge in [0.25, 0.3) is 0 Å². The van der Waals surface area contributed by atoms with E-state index in [-0.39, 0.29) is 12.5 Å². The number of carbonyl (C=O) groups excluding carboxylic acids is 2. The first-order chi connectivity index (χ1) is 13.7. The van der Waals surface area contributed by atoms with Crippen LogP contribution in [0.2, 0.25) is 0 Å². The van der Waals surface area contributed by atoms with E-state index < -0.39 is 23.7 Å². The average Bonchev–Trinajstić information content (AvgIpc) is 2.93. The molecular formula is C24H33NO4.